The Kier molecular flexibility index (Phi) is 6.59. The summed E-state index contributed by atoms with van der Waals surface area (Å²) in [6.07, 6.45) is 4.18. The molecule has 2 saturated heterocycles. The summed E-state index contributed by atoms with van der Waals surface area (Å²) in [5.41, 5.74) is -0.462. The van der Waals surface area contributed by atoms with Crippen molar-refractivity contribution in [3.8, 4) is 0 Å². The number of rotatable bonds is 6. The predicted molar refractivity (Wildman–Crippen MR) is 133 cm³/mol. The lowest BCUT2D eigenvalue weighted by Crippen LogP contribution is -2.44. The molecule has 0 N–H and O–H groups in total. The first-order valence-corrected chi connectivity index (χ1v) is 12.7. The molecule has 180 valence electrons. The summed E-state index contributed by atoms with van der Waals surface area (Å²) < 4.78 is 0. The Hall–Kier alpha value is -3.59. The molecular formula is C26H27N5O3S. The second-order valence-electron chi connectivity index (χ2n) is 8.94. The lowest BCUT2D eigenvalue weighted by Gasteiger charge is -2.30. The van der Waals surface area contributed by atoms with E-state index in [2.05, 4.69) is 14.9 Å². The Morgan fingerprint density at radius 1 is 0.943 bits per heavy atom. The van der Waals surface area contributed by atoms with Gasteiger partial charge in [0, 0.05) is 56.3 Å². The molecule has 3 amide bonds. The van der Waals surface area contributed by atoms with Crippen LogP contribution in [0.15, 0.2) is 66.3 Å². The molecule has 0 spiro atoms. The fraction of sp³-hybridized carbons (Fsp3) is 0.346. The molecular weight excluding hydrogens is 462 g/mol. The smallest absolute Gasteiger partial charge is 0.241 e. The van der Waals surface area contributed by atoms with E-state index >= 15 is 0 Å². The van der Waals surface area contributed by atoms with Crippen LogP contribution < -0.4 is 4.90 Å². The first-order chi connectivity index (χ1) is 17.1. The van der Waals surface area contributed by atoms with Crippen LogP contribution in [0.1, 0.15) is 29.7 Å². The Labute approximate surface area is 208 Å². The maximum atomic E-state index is 13.8. The molecule has 1 aromatic carbocycles. The maximum Gasteiger partial charge on any atom is 0.241 e. The Morgan fingerprint density at radius 3 is 2.49 bits per heavy atom. The van der Waals surface area contributed by atoms with E-state index in [0.717, 1.165) is 23.4 Å². The highest BCUT2D eigenvalue weighted by Gasteiger charge is 2.54. The van der Waals surface area contributed by atoms with Crippen LogP contribution >= 0.6 is 11.3 Å². The van der Waals surface area contributed by atoms with Gasteiger partial charge < -0.3 is 9.80 Å². The third kappa shape index (κ3) is 4.68. The van der Waals surface area contributed by atoms with Crippen molar-refractivity contribution in [1.82, 2.24) is 19.8 Å². The van der Waals surface area contributed by atoms with Crippen LogP contribution in [0.2, 0.25) is 0 Å². The molecule has 9 heteroatoms. The van der Waals surface area contributed by atoms with Crippen molar-refractivity contribution >= 4 is 35.0 Å². The van der Waals surface area contributed by atoms with E-state index in [1.807, 2.05) is 52.7 Å². The van der Waals surface area contributed by atoms with Gasteiger partial charge in [-0.25, -0.2) is 9.97 Å². The van der Waals surface area contributed by atoms with Gasteiger partial charge in [-0.15, -0.1) is 11.3 Å². The monoisotopic (exact) mass is 489 g/mol. The zero-order valence-electron chi connectivity index (χ0n) is 19.4. The van der Waals surface area contributed by atoms with Crippen molar-refractivity contribution in [3.63, 3.8) is 0 Å². The van der Waals surface area contributed by atoms with E-state index in [1.165, 1.54) is 16.2 Å². The largest absolute Gasteiger partial charge is 0.341 e. The maximum absolute atomic E-state index is 13.8. The minimum absolute atomic E-state index is 0.00474. The number of anilines is 1. The lowest BCUT2D eigenvalue weighted by atomic mass is 9.75. The average Bonchev–Trinajstić information content (AvgIpc) is 3.38. The van der Waals surface area contributed by atoms with Crippen LogP contribution in [-0.4, -0.2) is 63.7 Å². The number of aromatic nitrogens is 2. The molecule has 8 nitrogen and oxygen atoms in total. The van der Waals surface area contributed by atoms with Gasteiger partial charge >= 0.3 is 0 Å². The number of nitrogens with zero attached hydrogens (tertiary/aromatic N) is 5. The van der Waals surface area contributed by atoms with E-state index in [0.29, 0.717) is 25.6 Å². The SMILES string of the molecule is O=C(CC1(c2ccccc2)CC(=O)N(Cc2cccs2)C1=O)N1CCCN(c2ncccn2)CC1. The fourth-order valence-electron chi connectivity index (χ4n) is 4.93. The minimum Gasteiger partial charge on any atom is -0.341 e. The molecule has 2 aliphatic rings. The van der Waals surface area contributed by atoms with Gasteiger partial charge in [-0.3, -0.25) is 19.3 Å². The summed E-state index contributed by atoms with van der Waals surface area (Å²) in [6.45, 7) is 2.72. The van der Waals surface area contributed by atoms with Gasteiger partial charge in [0.15, 0.2) is 0 Å². The van der Waals surface area contributed by atoms with Crippen LogP contribution in [-0.2, 0) is 26.3 Å². The molecule has 35 heavy (non-hydrogen) atoms. The number of hydrogen-bond acceptors (Lipinski definition) is 7. The molecule has 0 bridgehead atoms. The highest BCUT2D eigenvalue weighted by atomic mass is 32.1. The van der Waals surface area contributed by atoms with Crippen molar-refractivity contribution < 1.29 is 14.4 Å². The highest BCUT2D eigenvalue weighted by molar-refractivity contribution is 7.09. The van der Waals surface area contributed by atoms with Crippen molar-refractivity contribution in [2.24, 2.45) is 0 Å². The minimum atomic E-state index is -1.18. The molecule has 1 atom stereocenters. The van der Waals surface area contributed by atoms with E-state index in [4.69, 9.17) is 0 Å². The van der Waals surface area contributed by atoms with Crippen molar-refractivity contribution in [1.29, 1.82) is 0 Å². The van der Waals surface area contributed by atoms with E-state index in [9.17, 15) is 14.4 Å². The van der Waals surface area contributed by atoms with Crippen LogP contribution in [0.5, 0.6) is 0 Å². The van der Waals surface area contributed by atoms with Gasteiger partial charge in [-0.05, 0) is 29.5 Å². The van der Waals surface area contributed by atoms with Crippen LogP contribution in [0, 0.1) is 0 Å². The molecule has 4 heterocycles. The Morgan fingerprint density at radius 2 is 1.74 bits per heavy atom. The number of benzene rings is 1. The van der Waals surface area contributed by atoms with Gasteiger partial charge in [0.2, 0.25) is 23.7 Å². The van der Waals surface area contributed by atoms with Gasteiger partial charge in [-0.2, -0.15) is 0 Å². The number of carbonyl (C=O) groups excluding carboxylic acids is 3. The van der Waals surface area contributed by atoms with Crippen LogP contribution in [0.4, 0.5) is 5.95 Å². The van der Waals surface area contributed by atoms with E-state index in [-0.39, 0.29) is 37.1 Å². The van der Waals surface area contributed by atoms with Gasteiger partial charge in [-0.1, -0.05) is 36.4 Å². The molecule has 1 unspecified atom stereocenters. The first kappa shape index (κ1) is 23.2. The predicted octanol–water partition coefficient (Wildman–Crippen LogP) is 2.86. The fourth-order valence-corrected chi connectivity index (χ4v) is 5.63. The normalized spacial score (nSPS) is 20.9. The molecule has 0 aliphatic carbocycles. The topological polar surface area (TPSA) is 86.7 Å². The number of thiophene rings is 1. The quantitative estimate of drug-likeness (QED) is 0.495. The summed E-state index contributed by atoms with van der Waals surface area (Å²) in [5, 5.41) is 1.93. The Bertz CT molecular complexity index is 1190. The second-order valence-corrected chi connectivity index (χ2v) is 9.97. The highest BCUT2D eigenvalue weighted by Crippen LogP contribution is 2.41. The number of amides is 3. The summed E-state index contributed by atoms with van der Waals surface area (Å²) in [5.74, 6) is 0.0278. The van der Waals surface area contributed by atoms with Gasteiger partial charge in [0.25, 0.3) is 0 Å². The number of likely N-dealkylation sites (tertiary alicyclic amines) is 1. The molecule has 5 rings (SSSR count). The third-order valence-electron chi connectivity index (χ3n) is 6.77. The molecule has 2 aromatic heterocycles. The number of imide groups is 1. The summed E-state index contributed by atoms with van der Waals surface area (Å²) >= 11 is 1.51. The molecule has 0 saturated carbocycles. The van der Waals surface area contributed by atoms with E-state index < -0.39 is 5.41 Å². The zero-order chi connectivity index (χ0) is 24.3. The van der Waals surface area contributed by atoms with Gasteiger partial charge in [0.05, 0.1) is 12.0 Å². The molecule has 2 aliphatic heterocycles. The number of carbonyl (C=O) groups is 3. The molecule has 2 fully saturated rings. The summed E-state index contributed by atoms with van der Waals surface area (Å²) in [4.78, 5) is 55.3. The first-order valence-electron chi connectivity index (χ1n) is 11.8. The van der Waals surface area contributed by atoms with Gasteiger partial charge in [0.1, 0.15) is 0 Å². The second kappa shape index (κ2) is 9.95. The van der Waals surface area contributed by atoms with Crippen molar-refractivity contribution in [2.75, 3.05) is 31.1 Å². The Balaban J connectivity index is 1.36. The molecule has 3 aromatic rings. The van der Waals surface area contributed by atoms with Crippen molar-refractivity contribution in [3.05, 3.63) is 76.7 Å². The number of hydrogen-bond donors (Lipinski definition) is 0. The van der Waals surface area contributed by atoms with Crippen LogP contribution in [0.3, 0.4) is 0 Å². The summed E-state index contributed by atoms with van der Waals surface area (Å²) in [6, 6.07) is 14.9. The van der Waals surface area contributed by atoms with E-state index in [1.54, 1.807) is 18.5 Å². The van der Waals surface area contributed by atoms with Crippen molar-refractivity contribution in [2.45, 2.75) is 31.2 Å². The standard InChI is InChI=1S/C26H27N5O3S/c32-22(29-12-6-13-30(15-14-29)25-27-10-5-11-28-25)17-26(20-7-2-1-3-8-20)18-23(33)31(24(26)34)19-21-9-4-16-35-21/h1-5,7-11,16H,6,12-15,17-19H2. The van der Waals surface area contributed by atoms with Crippen LogP contribution in [0.25, 0.3) is 0 Å². The molecule has 0 radical (unpaired) electrons. The average molecular weight is 490 g/mol. The zero-order valence-corrected chi connectivity index (χ0v) is 20.2. The third-order valence-corrected chi connectivity index (χ3v) is 7.63. The lowest BCUT2D eigenvalue weighted by molar-refractivity contribution is -0.143. The summed E-state index contributed by atoms with van der Waals surface area (Å²) in [7, 11) is 0.